The molecule has 2 heterocycles. The van der Waals surface area contributed by atoms with Crippen molar-refractivity contribution >= 4 is 33.4 Å². The van der Waals surface area contributed by atoms with Crippen molar-refractivity contribution in [3.8, 4) is 0 Å². The molecule has 0 aliphatic rings. The maximum absolute atomic E-state index is 12.4. The summed E-state index contributed by atoms with van der Waals surface area (Å²) in [5.74, 6) is -0.959. The highest BCUT2D eigenvalue weighted by molar-refractivity contribution is 7.20. The van der Waals surface area contributed by atoms with Gasteiger partial charge in [-0.2, -0.15) is 0 Å². The van der Waals surface area contributed by atoms with E-state index in [1.807, 2.05) is 6.92 Å². The van der Waals surface area contributed by atoms with Crippen LogP contribution in [0.3, 0.4) is 0 Å². The highest BCUT2D eigenvalue weighted by Crippen LogP contribution is 2.28. The summed E-state index contributed by atoms with van der Waals surface area (Å²) < 4.78 is 5.09. The van der Waals surface area contributed by atoms with Crippen LogP contribution in [0, 0.1) is 6.92 Å². The van der Waals surface area contributed by atoms with Crippen molar-refractivity contribution in [2.75, 3.05) is 13.6 Å². The number of carboxylic acid groups (broad SMARTS) is 1. The zero-order chi connectivity index (χ0) is 16.4. The normalized spacial score (nSPS) is 10.9. The Bertz CT molecular complexity index is 792. The summed E-state index contributed by atoms with van der Waals surface area (Å²) in [6.07, 6.45) is 0.358. The number of hydrogen-bond donors (Lipinski definition) is 1. The number of amides is 1. The first-order valence-corrected chi connectivity index (χ1v) is 7.57. The van der Waals surface area contributed by atoms with Crippen LogP contribution in [-0.4, -0.2) is 40.5 Å². The van der Waals surface area contributed by atoms with E-state index in [2.05, 4.69) is 4.98 Å². The molecular formula is C14H16N2O5S. The van der Waals surface area contributed by atoms with Crippen molar-refractivity contribution in [2.24, 2.45) is 0 Å². The standard InChI is InChI=1S/C14H16N2O5S/c1-4-8-15-12-10(14(20)21-8)7(2)11(22-12)13(19)16(3)6-5-9(17)18/h4-6H2,1-3H3,(H,17,18). The smallest absolute Gasteiger partial charge is 0.348 e. The molecule has 0 saturated heterocycles. The van der Waals surface area contributed by atoms with E-state index in [1.165, 1.54) is 11.9 Å². The molecule has 0 saturated carbocycles. The first kappa shape index (κ1) is 16.2. The molecule has 22 heavy (non-hydrogen) atoms. The van der Waals surface area contributed by atoms with E-state index in [4.69, 9.17) is 9.52 Å². The fraction of sp³-hybridized carbons (Fsp3) is 0.429. The van der Waals surface area contributed by atoms with Crippen LogP contribution in [0.2, 0.25) is 0 Å². The molecule has 0 fully saturated rings. The minimum absolute atomic E-state index is 0.101. The summed E-state index contributed by atoms with van der Waals surface area (Å²) in [6, 6.07) is 0. The van der Waals surface area contributed by atoms with E-state index in [0.717, 1.165) is 11.3 Å². The summed E-state index contributed by atoms with van der Waals surface area (Å²) in [5, 5.41) is 9.00. The van der Waals surface area contributed by atoms with Gasteiger partial charge >= 0.3 is 11.6 Å². The second-order valence-corrected chi connectivity index (χ2v) is 5.85. The predicted molar refractivity (Wildman–Crippen MR) is 81.5 cm³/mol. The summed E-state index contributed by atoms with van der Waals surface area (Å²) >= 11 is 1.13. The number of aliphatic carboxylic acids is 1. The Kier molecular flexibility index (Phi) is 4.60. The lowest BCUT2D eigenvalue weighted by Gasteiger charge is -2.15. The third-order valence-electron chi connectivity index (χ3n) is 3.27. The summed E-state index contributed by atoms with van der Waals surface area (Å²) in [5.41, 5.74) is 0.0268. The number of fused-ring (bicyclic) bond motifs is 1. The van der Waals surface area contributed by atoms with Crippen molar-refractivity contribution in [1.82, 2.24) is 9.88 Å². The van der Waals surface area contributed by atoms with Gasteiger partial charge in [-0.1, -0.05) is 6.92 Å². The molecule has 0 unspecified atom stereocenters. The Balaban J connectivity index is 2.41. The molecule has 2 aromatic heterocycles. The van der Waals surface area contributed by atoms with Gasteiger partial charge in [0.2, 0.25) is 0 Å². The highest BCUT2D eigenvalue weighted by Gasteiger charge is 2.22. The largest absolute Gasteiger partial charge is 0.481 e. The maximum atomic E-state index is 12.4. The van der Waals surface area contributed by atoms with Gasteiger partial charge in [0.15, 0.2) is 5.89 Å². The molecule has 0 radical (unpaired) electrons. The molecule has 8 heteroatoms. The molecule has 0 aromatic carbocycles. The number of rotatable bonds is 5. The van der Waals surface area contributed by atoms with E-state index in [-0.39, 0.29) is 18.9 Å². The Morgan fingerprint density at radius 1 is 1.41 bits per heavy atom. The van der Waals surface area contributed by atoms with Gasteiger partial charge < -0.3 is 14.4 Å². The predicted octanol–water partition coefficient (Wildman–Crippen LogP) is 1.67. The minimum atomic E-state index is -0.970. The second-order valence-electron chi connectivity index (χ2n) is 4.86. The van der Waals surface area contributed by atoms with E-state index < -0.39 is 11.6 Å². The van der Waals surface area contributed by atoms with E-state index in [1.54, 1.807) is 6.92 Å². The quantitative estimate of drug-likeness (QED) is 0.898. The molecule has 0 bridgehead atoms. The van der Waals surface area contributed by atoms with E-state index in [0.29, 0.717) is 33.0 Å². The minimum Gasteiger partial charge on any atom is -0.481 e. The molecule has 0 spiro atoms. The number of thiophene rings is 1. The Hall–Kier alpha value is -2.22. The Morgan fingerprint density at radius 2 is 2.09 bits per heavy atom. The number of aryl methyl sites for hydroxylation is 2. The van der Waals surface area contributed by atoms with Gasteiger partial charge in [0, 0.05) is 20.0 Å². The number of nitrogens with zero attached hydrogens (tertiary/aromatic N) is 2. The van der Waals surface area contributed by atoms with Crippen LogP contribution in [0.15, 0.2) is 9.21 Å². The van der Waals surface area contributed by atoms with Crippen molar-refractivity contribution in [3.63, 3.8) is 0 Å². The third kappa shape index (κ3) is 3.01. The molecule has 7 nitrogen and oxygen atoms in total. The van der Waals surface area contributed by atoms with E-state index in [9.17, 15) is 14.4 Å². The van der Waals surface area contributed by atoms with Gasteiger partial charge in [-0.15, -0.1) is 11.3 Å². The van der Waals surface area contributed by atoms with Gasteiger partial charge in [-0.3, -0.25) is 9.59 Å². The van der Waals surface area contributed by atoms with Gasteiger partial charge in [0.05, 0.1) is 11.3 Å². The topological polar surface area (TPSA) is 101 Å². The maximum Gasteiger partial charge on any atom is 0.348 e. The van der Waals surface area contributed by atoms with Crippen LogP contribution in [0.4, 0.5) is 0 Å². The van der Waals surface area contributed by atoms with Crippen molar-refractivity contribution in [2.45, 2.75) is 26.7 Å². The number of aromatic nitrogens is 1. The fourth-order valence-corrected chi connectivity index (χ4v) is 3.18. The lowest BCUT2D eigenvalue weighted by molar-refractivity contribution is -0.137. The van der Waals surface area contributed by atoms with Crippen molar-refractivity contribution < 1.29 is 19.1 Å². The first-order chi connectivity index (χ1) is 10.3. The van der Waals surface area contributed by atoms with Crippen LogP contribution in [0.1, 0.15) is 34.5 Å². The van der Waals surface area contributed by atoms with Crippen LogP contribution in [0.25, 0.3) is 10.2 Å². The number of carbonyl (C=O) groups is 2. The van der Waals surface area contributed by atoms with Crippen LogP contribution in [0.5, 0.6) is 0 Å². The molecule has 1 amide bonds. The lowest BCUT2D eigenvalue weighted by atomic mass is 10.2. The number of carboxylic acids is 1. The molecule has 2 rings (SSSR count). The monoisotopic (exact) mass is 324 g/mol. The molecule has 1 N–H and O–H groups in total. The van der Waals surface area contributed by atoms with Crippen molar-refractivity contribution in [3.05, 3.63) is 26.8 Å². The third-order valence-corrected chi connectivity index (χ3v) is 4.45. The lowest BCUT2D eigenvalue weighted by Crippen LogP contribution is -2.28. The molecule has 0 atom stereocenters. The zero-order valence-corrected chi connectivity index (χ0v) is 13.3. The fourth-order valence-electron chi connectivity index (χ4n) is 2.00. The van der Waals surface area contributed by atoms with Gasteiger partial charge in [0.25, 0.3) is 5.91 Å². The summed E-state index contributed by atoms with van der Waals surface area (Å²) in [4.78, 5) is 41.4. The average molecular weight is 324 g/mol. The first-order valence-electron chi connectivity index (χ1n) is 6.75. The van der Waals surface area contributed by atoms with Gasteiger partial charge in [0.1, 0.15) is 10.2 Å². The molecule has 118 valence electrons. The molecular weight excluding hydrogens is 308 g/mol. The summed E-state index contributed by atoms with van der Waals surface area (Å²) in [6.45, 7) is 3.59. The SMILES string of the molecule is CCc1nc2sc(C(=O)N(C)CCC(=O)O)c(C)c2c(=O)o1. The molecule has 0 aliphatic carbocycles. The highest BCUT2D eigenvalue weighted by atomic mass is 32.1. The van der Waals surface area contributed by atoms with Gasteiger partial charge in [-0.05, 0) is 12.5 Å². The Morgan fingerprint density at radius 3 is 2.68 bits per heavy atom. The second kappa shape index (κ2) is 6.27. The van der Waals surface area contributed by atoms with E-state index >= 15 is 0 Å². The summed E-state index contributed by atoms with van der Waals surface area (Å²) in [7, 11) is 1.53. The number of carbonyl (C=O) groups excluding carboxylic acids is 1. The number of hydrogen-bond acceptors (Lipinski definition) is 6. The Labute approximate surface area is 130 Å². The zero-order valence-electron chi connectivity index (χ0n) is 12.5. The van der Waals surface area contributed by atoms with Gasteiger partial charge in [-0.25, -0.2) is 9.78 Å². The van der Waals surface area contributed by atoms with Crippen molar-refractivity contribution in [1.29, 1.82) is 0 Å². The average Bonchev–Trinajstić information content (AvgIpc) is 2.81. The van der Waals surface area contributed by atoms with Crippen LogP contribution in [-0.2, 0) is 11.2 Å². The molecule has 0 aliphatic heterocycles. The van der Waals surface area contributed by atoms with Crippen LogP contribution < -0.4 is 5.63 Å². The van der Waals surface area contributed by atoms with Crippen LogP contribution >= 0.6 is 11.3 Å². The molecule has 2 aromatic rings.